The number of aliphatic hydroxyl groups excluding tert-OH is 1. The van der Waals surface area contributed by atoms with Crippen molar-refractivity contribution in [1.82, 2.24) is 14.7 Å². The highest BCUT2D eigenvalue weighted by atomic mass is 16.5. The first-order valence-corrected chi connectivity index (χ1v) is 12.1. The molecule has 3 aliphatic rings. The topological polar surface area (TPSA) is 65.5 Å². The zero-order valence-corrected chi connectivity index (χ0v) is 20.0. The summed E-state index contributed by atoms with van der Waals surface area (Å²) in [6, 6.07) is 6.19. The maximum atomic E-state index is 13.3. The van der Waals surface area contributed by atoms with E-state index in [1.54, 1.807) is 7.11 Å². The van der Waals surface area contributed by atoms with Crippen molar-refractivity contribution in [3.8, 4) is 11.5 Å². The lowest BCUT2D eigenvalue weighted by Crippen LogP contribution is -2.51. The number of aliphatic hydroxyl groups is 1. The number of hydrogen-bond acceptors (Lipinski definition) is 5. The first-order chi connectivity index (χ1) is 15.3. The van der Waals surface area contributed by atoms with Crippen LogP contribution in [-0.4, -0.2) is 91.5 Å². The van der Waals surface area contributed by atoms with E-state index >= 15 is 0 Å². The normalized spacial score (nSPS) is 28.2. The van der Waals surface area contributed by atoms with Crippen LogP contribution in [0.4, 0.5) is 4.79 Å². The molecule has 178 valence electrons. The fourth-order valence-electron chi connectivity index (χ4n) is 5.46. The number of likely N-dealkylation sites (N-methyl/N-ethyl adjacent to an activating group) is 1. The van der Waals surface area contributed by atoms with Crippen LogP contribution in [0, 0.1) is 5.41 Å². The van der Waals surface area contributed by atoms with Gasteiger partial charge in [-0.1, -0.05) is 13.0 Å². The second-order valence-electron chi connectivity index (χ2n) is 10.1. The summed E-state index contributed by atoms with van der Waals surface area (Å²) < 4.78 is 11.9. The van der Waals surface area contributed by atoms with Gasteiger partial charge in [0.25, 0.3) is 0 Å². The van der Waals surface area contributed by atoms with Gasteiger partial charge in [0.15, 0.2) is 11.5 Å². The average molecular weight is 446 g/mol. The number of methoxy groups -OCH3 is 1. The lowest BCUT2D eigenvalue weighted by molar-refractivity contribution is 0.0479. The maximum absolute atomic E-state index is 13.3. The van der Waals surface area contributed by atoms with E-state index < -0.39 is 11.5 Å². The van der Waals surface area contributed by atoms with Crippen LogP contribution in [0.15, 0.2) is 18.2 Å². The van der Waals surface area contributed by atoms with Gasteiger partial charge >= 0.3 is 6.03 Å². The van der Waals surface area contributed by atoms with Crippen LogP contribution in [-0.2, 0) is 0 Å². The summed E-state index contributed by atoms with van der Waals surface area (Å²) in [5.74, 6) is 1.53. The lowest BCUT2D eigenvalue weighted by atomic mass is 9.72. The Morgan fingerprint density at radius 2 is 1.81 bits per heavy atom. The first-order valence-electron chi connectivity index (χ1n) is 12.1. The molecule has 2 aliphatic heterocycles. The molecule has 2 heterocycles. The number of piperazine rings is 1. The number of carbonyl (C=O) groups excluding carboxylic acids is 1. The second kappa shape index (κ2) is 9.48. The molecule has 32 heavy (non-hydrogen) atoms. The monoisotopic (exact) mass is 445 g/mol. The van der Waals surface area contributed by atoms with Crippen LogP contribution < -0.4 is 9.47 Å². The molecule has 3 fully saturated rings. The van der Waals surface area contributed by atoms with E-state index in [0.29, 0.717) is 13.1 Å². The highest BCUT2D eigenvalue weighted by molar-refractivity contribution is 5.75. The van der Waals surface area contributed by atoms with Gasteiger partial charge in [-0.3, -0.25) is 0 Å². The van der Waals surface area contributed by atoms with Gasteiger partial charge in [0, 0.05) is 50.6 Å². The molecule has 2 saturated heterocycles. The van der Waals surface area contributed by atoms with Crippen LogP contribution in [0.5, 0.6) is 11.5 Å². The van der Waals surface area contributed by atoms with E-state index in [9.17, 15) is 9.90 Å². The minimum atomic E-state index is -0.543. The number of amides is 2. The van der Waals surface area contributed by atoms with Crippen molar-refractivity contribution in [2.75, 3.05) is 53.4 Å². The number of urea groups is 1. The third kappa shape index (κ3) is 4.55. The summed E-state index contributed by atoms with van der Waals surface area (Å²) in [6.07, 6.45) is 4.27. The summed E-state index contributed by atoms with van der Waals surface area (Å²) in [6.45, 7) is 8.40. The van der Waals surface area contributed by atoms with Gasteiger partial charge < -0.3 is 29.3 Å². The smallest absolute Gasteiger partial charge is 0.320 e. The largest absolute Gasteiger partial charge is 0.493 e. The van der Waals surface area contributed by atoms with Crippen molar-refractivity contribution >= 4 is 6.03 Å². The highest BCUT2D eigenvalue weighted by Crippen LogP contribution is 2.47. The number of benzene rings is 1. The van der Waals surface area contributed by atoms with Crippen molar-refractivity contribution in [2.24, 2.45) is 5.41 Å². The van der Waals surface area contributed by atoms with Crippen molar-refractivity contribution in [3.63, 3.8) is 0 Å². The Labute approximate surface area is 192 Å². The minimum Gasteiger partial charge on any atom is -0.493 e. The minimum absolute atomic E-state index is 0.0238. The third-order valence-corrected chi connectivity index (χ3v) is 7.92. The summed E-state index contributed by atoms with van der Waals surface area (Å²) in [4.78, 5) is 19.4. The Kier molecular flexibility index (Phi) is 6.86. The van der Waals surface area contributed by atoms with Crippen molar-refractivity contribution < 1.29 is 19.4 Å². The number of rotatable bonds is 5. The molecule has 7 heteroatoms. The van der Waals surface area contributed by atoms with E-state index in [-0.39, 0.29) is 18.1 Å². The molecule has 0 unspecified atom stereocenters. The molecule has 1 aliphatic carbocycles. The maximum Gasteiger partial charge on any atom is 0.320 e. The quantitative estimate of drug-likeness (QED) is 0.754. The van der Waals surface area contributed by atoms with Crippen molar-refractivity contribution in [1.29, 1.82) is 0 Å². The number of hydrogen-bond donors (Lipinski definition) is 1. The lowest BCUT2D eigenvalue weighted by Gasteiger charge is -2.36. The molecule has 1 saturated carbocycles. The van der Waals surface area contributed by atoms with Crippen LogP contribution in [0.25, 0.3) is 0 Å². The molecule has 0 radical (unpaired) electrons. The van der Waals surface area contributed by atoms with Gasteiger partial charge in [0.1, 0.15) is 0 Å². The molecule has 1 aromatic carbocycles. The molecule has 2 amide bonds. The molecule has 4 rings (SSSR count). The molecule has 7 nitrogen and oxygen atoms in total. The Bertz CT molecular complexity index is 802. The Morgan fingerprint density at radius 3 is 2.44 bits per heavy atom. The third-order valence-electron chi connectivity index (χ3n) is 7.92. The fourth-order valence-corrected chi connectivity index (χ4v) is 5.46. The van der Waals surface area contributed by atoms with Crippen molar-refractivity contribution in [2.45, 2.75) is 57.7 Å². The Morgan fingerprint density at radius 1 is 1.12 bits per heavy atom. The second-order valence-corrected chi connectivity index (χ2v) is 10.1. The van der Waals surface area contributed by atoms with E-state index in [1.807, 2.05) is 22.8 Å². The highest BCUT2D eigenvalue weighted by Gasteiger charge is 2.49. The van der Waals surface area contributed by atoms with Gasteiger partial charge in [0.2, 0.25) is 0 Å². The van der Waals surface area contributed by atoms with E-state index in [1.165, 1.54) is 12.8 Å². The van der Waals surface area contributed by atoms with Gasteiger partial charge in [-0.15, -0.1) is 0 Å². The van der Waals surface area contributed by atoms with Crippen LogP contribution >= 0.6 is 0 Å². The Hall–Kier alpha value is -1.99. The average Bonchev–Trinajstić information content (AvgIpc) is 3.42. The summed E-state index contributed by atoms with van der Waals surface area (Å²) in [7, 11) is 3.76. The van der Waals surface area contributed by atoms with Crippen molar-refractivity contribution in [3.05, 3.63) is 23.8 Å². The number of nitrogens with zero attached hydrogens (tertiary/aromatic N) is 3. The van der Waals surface area contributed by atoms with Crippen LogP contribution in [0.2, 0.25) is 0 Å². The van der Waals surface area contributed by atoms with E-state index in [2.05, 4.69) is 31.0 Å². The number of carbonyl (C=O) groups is 1. The molecule has 3 atom stereocenters. The van der Waals surface area contributed by atoms with Gasteiger partial charge in [-0.2, -0.15) is 0 Å². The van der Waals surface area contributed by atoms with Crippen LogP contribution in [0.1, 0.15) is 51.0 Å². The molecular weight excluding hydrogens is 406 g/mol. The van der Waals surface area contributed by atoms with Gasteiger partial charge in [0.05, 0.1) is 19.3 Å². The summed E-state index contributed by atoms with van der Waals surface area (Å²) >= 11 is 0. The molecule has 0 aromatic heterocycles. The fraction of sp³-hybridized carbons (Fsp3) is 0.720. The molecular formula is C25H39N3O4. The molecule has 1 aromatic rings. The first kappa shape index (κ1) is 23.2. The van der Waals surface area contributed by atoms with E-state index in [4.69, 9.17) is 9.47 Å². The van der Waals surface area contributed by atoms with Gasteiger partial charge in [-0.05, 0) is 57.4 Å². The number of likely N-dealkylation sites (tertiary alicyclic amines) is 1. The van der Waals surface area contributed by atoms with E-state index in [0.717, 1.165) is 56.1 Å². The molecule has 0 spiro atoms. The Balaban J connectivity index is 1.57. The van der Waals surface area contributed by atoms with Crippen LogP contribution in [0.3, 0.4) is 0 Å². The zero-order valence-electron chi connectivity index (χ0n) is 20.0. The number of ether oxygens (including phenoxy) is 2. The molecule has 0 bridgehead atoms. The predicted molar refractivity (Wildman–Crippen MR) is 124 cm³/mol. The summed E-state index contributed by atoms with van der Waals surface area (Å²) in [5, 5.41) is 10.8. The SMILES string of the molecule is COc1ccc([C@@H]2CN(C(=O)N3CCN(C)CC3)C[C@@]2(C)[C@@H](C)O)cc1OC1CCCC1. The zero-order chi connectivity index (χ0) is 22.9. The standard InChI is InChI=1S/C25H39N3O4/c1-18(29)25(2)17-28(24(30)27-13-11-26(3)12-14-27)16-21(25)19-9-10-22(31-4)23(15-19)32-20-7-5-6-8-20/h9-10,15,18,20-21,29H,5-8,11-14,16-17H2,1-4H3/t18-,21+,25+/m1/s1. The summed E-state index contributed by atoms with van der Waals surface area (Å²) in [5.41, 5.74) is 0.664. The molecule has 1 N–H and O–H groups in total. The van der Waals surface area contributed by atoms with Gasteiger partial charge in [-0.25, -0.2) is 4.79 Å². The predicted octanol–water partition coefficient (Wildman–Crippen LogP) is 3.17.